The van der Waals surface area contributed by atoms with Crippen LogP contribution in [0.25, 0.3) is 0 Å². The highest BCUT2D eigenvalue weighted by Crippen LogP contribution is 2.22. The summed E-state index contributed by atoms with van der Waals surface area (Å²) in [5, 5.41) is 39.8. The van der Waals surface area contributed by atoms with Crippen LogP contribution in [0.15, 0.2) is 37.2 Å². The number of carbonyl (C=O) groups excluding carboxylic acids is 13. The fourth-order valence-electron chi connectivity index (χ4n) is 11.0. The molecule has 0 bridgehead atoms. The van der Waals surface area contributed by atoms with Crippen molar-refractivity contribution < 1.29 is 67.4 Å². The van der Waals surface area contributed by atoms with Gasteiger partial charge in [-0.05, 0) is 128 Å². The highest BCUT2D eigenvalue weighted by atomic mass is 16.3. The summed E-state index contributed by atoms with van der Waals surface area (Å²) in [5.41, 5.74) is 14.0. The number of primary amides is 2. The summed E-state index contributed by atoms with van der Waals surface area (Å²) >= 11 is 0. The normalized spacial score (nSPS) is 21.7. The van der Waals surface area contributed by atoms with Gasteiger partial charge in [0.2, 0.25) is 76.8 Å². The second-order valence-corrected chi connectivity index (χ2v) is 27.2. The van der Waals surface area contributed by atoms with Gasteiger partial charge in [-0.3, -0.25) is 62.3 Å². The van der Waals surface area contributed by atoms with E-state index in [0.717, 1.165) is 0 Å². The molecule has 0 aromatic carbocycles. The molecule has 0 spiro atoms. The second kappa shape index (κ2) is 41.4. The summed E-state index contributed by atoms with van der Waals surface area (Å²) in [5.74, 6) is -11.6. The minimum absolute atomic E-state index is 0.0101. The summed E-state index contributed by atoms with van der Waals surface area (Å²) in [7, 11) is 0. The summed E-state index contributed by atoms with van der Waals surface area (Å²) in [6.07, 6.45) is 11.0. The Morgan fingerprint density at radius 2 is 1.14 bits per heavy atom. The van der Waals surface area contributed by atoms with Crippen molar-refractivity contribution >= 4 is 76.8 Å². The van der Waals surface area contributed by atoms with Crippen LogP contribution < -0.4 is 75.7 Å². The van der Waals surface area contributed by atoms with E-state index in [4.69, 9.17) is 17.2 Å². The Bertz CT molecular complexity index is 3000. The van der Waals surface area contributed by atoms with Crippen LogP contribution in [0, 0.1) is 23.7 Å². The van der Waals surface area contributed by atoms with Gasteiger partial charge in [0.25, 0.3) is 0 Å². The number of aromatic amines is 2. The van der Waals surface area contributed by atoms with Gasteiger partial charge in [-0.2, -0.15) is 0 Å². The molecule has 2 aromatic rings. The van der Waals surface area contributed by atoms with Gasteiger partial charge in [0.15, 0.2) is 0 Å². The minimum Gasteiger partial charge on any atom is -0.394 e. The SMILES string of the molecule is CC[C@H](C)[C@H](NC(=O)[C@H](CCCCN)NC(=O)[C@H](Cc1cnc[nH]1)NC(C)=O)C(=O)N[C@@H](CC(C)C)C(=O)N[C@@H](Cc1cnc[nH]1)C(=O)N[C@@]1(C)CCC/C=C\CCC[C@@](C)(C(=O)N[C@@H](CO)C(N)=O)NC(=O)[C@H](CCC(N)=O)NC(=O)[C@H](CC(C)C)NC(=O)[C@H](CC(C)C)NC1=O. The number of H-pyrrole nitrogens is 2. The Balaban J connectivity index is 2.10. The van der Waals surface area contributed by atoms with Gasteiger partial charge in [0, 0.05) is 50.0 Å². The zero-order chi connectivity index (χ0) is 73.5. The molecule has 12 atom stereocenters. The maximum atomic E-state index is 15.1. The van der Waals surface area contributed by atoms with Gasteiger partial charge in [0.05, 0.1) is 19.3 Å². The van der Waals surface area contributed by atoms with Gasteiger partial charge >= 0.3 is 0 Å². The third kappa shape index (κ3) is 28.7. The van der Waals surface area contributed by atoms with E-state index >= 15 is 9.59 Å². The lowest BCUT2D eigenvalue weighted by Gasteiger charge is -2.34. The van der Waals surface area contributed by atoms with E-state index in [1.165, 1.54) is 45.8 Å². The maximum absolute atomic E-state index is 15.1. The highest BCUT2D eigenvalue weighted by molar-refractivity contribution is 6.01. The molecule has 0 fully saturated rings. The van der Waals surface area contributed by atoms with Crippen LogP contribution in [0.5, 0.6) is 0 Å². The minimum atomic E-state index is -1.84. The average Bonchev–Trinajstić information content (AvgIpc) is 0.995. The topological polar surface area (TPSA) is 510 Å². The predicted molar refractivity (Wildman–Crippen MR) is 363 cm³/mol. The van der Waals surface area contributed by atoms with E-state index in [1.807, 2.05) is 26.8 Å². The number of nitrogens with two attached hydrogens (primary N) is 3. The number of nitrogens with zero attached hydrogens (tertiary/aromatic N) is 2. The number of unbranched alkanes of at least 4 members (excludes halogenated alkanes) is 1. The molecule has 13 amide bonds. The fraction of sp³-hybridized carbons (Fsp3) is 0.682. The molecule has 98 heavy (non-hydrogen) atoms. The molecule has 0 unspecified atom stereocenters. The number of rotatable bonds is 34. The molecule has 32 heteroatoms. The van der Waals surface area contributed by atoms with Gasteiger partial charge in [-0.25, -0.2) is 9.97 Å². The van der Waals surface area contributed by atoms with Crippen LogP contribution in [-0.2, 0) is 75.2 Å². The maximum Gasteiger partial charge on any atom is 0.246 e. The first-order valence-corrected chi connectivity index (χ1v) is 34.0. The lowest BCUT2D eigenvalue weighted by Crippen LogP contribution is -2.65. The smallest absolute Gasteiger partial charge is 0.246 e. The number of aliphatic hydroxyl groups is 1. The quantitative estimate of drug-likeness (QED) is 0.0296. The first-order chi connectivity index (χ1) is 46.1. The molecule has 548 valence electrons. The average molecular weight is 1380 g/mol. The van der Waals surface area contributed by atoms with E-state index in [1.54, 1.807) is 40.7 Å². The molecule has 1 aliphatic heterocycles. The summed E-state index contributed by atoms with van der Waals surface area (Å²) in [4.78, 5) is 196. The number of carbonyl (C=O) groups is 13. The van der Waals surface area contributed by atoms with Crippen molar-refractivity contribution in [2.24, 2.45) is 40.9 Å². The summed E-state index contributed by atoms with van der Waals surface area (Å²) in [6, 6.07) is -12.0. The standard InChI is InChI=1S/C66H110N18O14/c1-12-40(8)53(82-55(89)44(21-17-20-26-67)75-59(93)49(74-41(9)86)30-42-32-70-35-72-42)62(96)79-47(28-38(4)5)57(91)78-50(31-43-33-71-36-73-43)61(95)84-65(10)24-18-15-13-14-16-19-25-66(11,64(98)81-51(34-85)54(69)88)83-60(94)45(22-23-52(68)87)76-56(90)46(27-37(2)3)77-58(92)48(29-39(6)7)80-63(65)97/h13-14,32-33,35-40,44-51,53,85H,12,15-31,34,67H2,1-11H3,(H2,68,87)(H2,69,88)(H,70,72)(H,71,73)(H,74,86)(H,75,93)(H,76,90)(H,77,92)(H,78,91)(H,79,96)(H,80,97)(H,81,98)(H,82,89)(H,83,94)(H,84,95)/b14-13-/t40-,44-,45-,46-,47-,48-,49-,50-,51-,53-,65-,66-/m0/s1. The Labute approximate surface area is 574 Å². The van der Waals surface area contributed by atoms with Crippen LogP contribution in [0.4, 0.5) is 0 Å². The molecular formula is C66H110N18O14. The van der Waals surface area contributed by atoms with Crippen molar-refractivity contribution in [1.29, 1.82) is 0 Å². The molecule has 0 saturated carbocycles. The molecular weight excluding hydrogens is 1270 g/mol. The molecule has 3 heterocycles. The molecule has 0 saturated heterocycles. The van der Waals surface area contributed by atoms with Gasteiger partial charge in [-0.1, -0.05) is 74.0 Å². The molecule has 0 aliphatic carbocycles. The first-order valence-electron chi connectivity index (χ1n) is 34.0. The zero-order valence-corrected chi connectivity index (χ0v) is 58.8. The first kappa shape index (κ1) is 83.4. The number of hydrogen-bond acceptors (Lipinski definition) is 17. The Morgan fingerprint density at radius 3 is 1.64 bits per heavy atom. The van der Waals surface area contributed by atoms with Crippen LogP contribution in [0.1, 0.15) is 184 Å². The molecule has 3 rings (SSSR count). The number of aromatic nitrogens is 4. The molecule has 0 radical (unpaired) electrons. The molecule has 32 nitrogen and oxygen atoms in total. The van der Waals surface area contributed by atoms with E-state index in [2.05, 4.69) is 78.4 Å². The van der Waals surface area contributed by atoms with Crippen molar-refractivity contribution in [3.8, 4) is 0 Å². The number of aliphatic hydroxyl groups excluding tert-OH is 1. The van der Waals surface area contributed by atoms with Crippen molar-refractivity contribution in [3.63, 3.8) is 0 Å². The van der Waals surface area contributed by atoms with Gasteiger partial charge in [0.1, 0.15) is 65.5 Å². The lowest BCUT2D eigenvalue weighted by molar-refractivity contribution is -0.139. The fourth-order valence-corrected chi connectivity index (χ4v) is 11.0. The van der Waals surface area contributed by atoms with Crippen molar-refractivity contribution in [3.05, 3.63) is 48.6 Å². The summed E-state index contributed by atoms with van der Waals surface area (Å²) in [6.45, 7) is 17.9. The Hall–Kier alpha value is -8.81. The van der Waals surface area contributed by atoms with Crippen LogP contribution in [0.2, 0.25) is 0 Å². The van der Waals surface area contributed by atoms with Gasteiger partial charge in [-0.15, -0.1) is 0 Å². The van der Waals surface area contributed by atoms with Gasteiger partial charge < -0.3 is 90.8 Å². The number of hydrogen-bond donors (Lipinski definition) is 17. The number of amides is 13. The number of nitrogens with one attached hydrogen (secondary N) is 13. The molecule has 2 aromatic heterocycles. The van der Waals surface area contributed by atoms with E-state index in [-0.39, 0.29) is 88.4 Å². The second-order valence-electron chi connectivity index (χ2n) is 27.2. The molecule has 1 aliphatic rings. The number of imidazole rings is 2. The predicted octanol–water partition coefficient (Wildman–Crippen LogP) is -0.982. The number of allylic oxidation sites excluding steroid dienone is 2. The van der Waals surface area contributed by atoms with E-state index in [0.29, 0.717) is 50.0 Å². The summed E-state index contributed by atoms with van der Waals surface area (Å²) < 4.78 is 0. The highest BCUT2D eigenvalue weighted by Gasteiger charge is 2.43. The van der Waals surface area contributed by atoms with E-state index in [9.17, 15) is 57.8 Å². The van der Waals surface area contributed by atoms with Crippen LogP contribution in [0.3, 0.4) is 0 Å². The van der Waals surface area contributed by atoms with E-state index < -0.39 is 161 Å². The third-order valence-electron chi connectivity index (χ3n) is 16.9. The Kier molecular flexibility index (Phi) is 35.3. The van der Waals surface area contributed by atoms with Crippen LogP contribution >= 0.6 is 0 Å². The van der Waals surface area contributed by atoms with Crippen molar-refractivity contribution in [1.82, 2.24) is 78.4 Å². The largest absolute Gasteiger partial charge is 0.394 e. The third-order valence-corrected chi connectivity index (χ3v) is 16.9. The lowest BCUT2D eigenvalue weighted by atomic mass is 9.91. The molecule has 20 N–H and O–H groups in total. The zero-order valence-electron chi connectivity index (χ0n) is 58.8. The van der Waals surface area contributed by atoms with Crippen molar-refractivity contribution in [2.45, 2.75) is 251 Å². The van der Waals surface area contributed by atoms with Crippen molar-refractivity contribution in [2.75, 3.05) is 13.2 Å². The monoisotopic (exact) mass is 1380 g/mol. The van der Waals surface area contributed by atoms with Crippen LogP contribution in [-0.4, -0.2) is 180 Å². The Morgan fingerprint density at radius 1 is 0.622 bits per heavy atom.